The number of methoxy groups -OCH3 is 2. The second kappa shape index (κ2) is 13.5. The van der Waals surface area contributed by atoms with E-state index in [-0.39, 0.29) is 42.8 Å². The molecule has 0 aliphatic heterocycles. The summed E-state index contributed by atoms with van der Waals surface area (Å²) >= 11 is 6.15. The number of ether oxygens (including phenoxy) is 2. The van der Waals surface area contributed by atoms with E-state index < -0.39 is 11.2 Å². The Hall–Kier alpha value is -3.79. The highest BCUT2D eigenvalue weighted by atomic mass is 35.5. The lowest BCUT2D eigenvalue weighted by Crippen LogP contribution is -2.43. The molecule has 1 aliphatic rings. The Kier molecular flexibility index (Phi) is 9.87. The molecule has 0 bridgehead atoms. The predicted octanol–water partition coefficient (Wildman–Crippen LogP) is 3.03. The van der Waals surface area contributed by atoms with Gasteiger partial charge in [0.05, 0.1) is 25.1 Å². The minimum Gasteiger partial charge on any atom is -0.493 e. The van der Waals surface area contributed by atoms with Crippen molar-refractivity contribution in [2.45, 2.75) is 64.1 Å². The molecule has 40 heavy (non-hydrogen) atoms. The monoisotopic (exact) mass is 570 g/mol. The van der Waals surface area contributed by atoms with E-state index in [2.05, 4.69) is 10.6 Å². The quantitative estimate of drug-likeness (QED) is 0.345. The lowest BCUT2D eigenvalue weighted by molar-refractivity contribution is -0.122. The Balaban J connectivity index is 1.45. The summed E-state index contributed by atoms with van der Waals surface area (Å²) < 4.78 is 12.9. The molecule has 2 amide bonds. The molecule has 1 aromatic heterocycles. The van der Waals surface area contributed by atoms with Crippen LogP contribution in [0.15, 0.2) is 46.0 Å². The maximum atomic E-state index is 13.4. The van der Waals surface area contributed by atoms with E-state index in [1.165, 1.54) is 10.6 Å². The van der Waals surface area contributed by atoms with Gasteiger partial charge in [0.1, 0.15) is 6.54 Å². The molecule has 214 valence electrons. The van der Waals surface area contributed by atoms with Gasteiger partial charge in [-0.05, 0) is 61.6 Å². The first-order valence-corrected chi connectivity index (χ1v) is 13.9. The van der Waals surface area contributed by atoms with E-state index in [0.29, 0.717) is 41.4 Å². The molecule has 11 heteroatoms. The molecule has 1 heterocycles. The fourth-order valence-corrected chi connectivity index (χ4v) is 5.27. The van der Waals surface area contributed by atoms with Crippen molar-refractivity contribution in [1.82, 2.24) is 19.8 Å². The van der Waals surface area contributed by atoms with Crippen molar-refractivity contribution in [3.8, 4) is 11.5 Å². The molecule has 0 atom stereocenters. The Morgan fingerprint density at radius 1 is 0.975 bits per heavy atom. The predicted molar refractivity (Wildman–Crippen MR) is 153 cm³/mol. The first kappa shape index (κ1) is 29.2. The summed E-state index contributed by atoms with van der Waals surface area (Å²) in [6.07, 6.45) is 5.26. The smallest absolute Gasteiger partial charge is 0.331 e. The first-order valence-electron chi connectivity index (χ1n) is 13.5. The molecular formula is C29H35ClN4O6. The van der Waals surface area contributed by atoms with E-state index in [4.69, 9.17) is 21.1 Å². The number of halogens is 1. The molecule has 2 aromatic carbocycles. The van der Waals surface area contributed by atoms with Gasteiger partial charge in [0, 0.05) is 30.6 Å². The summed E-state index contributed by atoms with van der Waals surface area (Å²) in [4.78, 5) is 51.8. The van der Waals surface area contributed by atoms with E-state index >= 15 is 0 Å². The van der Waals surface area contributed by atoms with Crippen molar-refractivity contribution in [3.63, 3.8) is 0 Å². The van der Waals surface area contributed by atoms with Gasteiger partial charge in [-0.1, -0.05) is 30.5 Å². The Morgan fingerprint density at radius 2 is 1.73 bits per heavy atom. The van der Waals surface area contributed by atoms with Crippen LogP contribution in [0.25, 0.3) is 10.9 Å². The highest BCUT2D eigenvalue weighted by Gasteiger charge is 2.19. The third-order valence-corrected chi connectivity index (χ3v) is 7.41. The number of carbonyl (C=O) groups excluding carboxylic acids is 2. The van der Waals surface area contributed by atoms with Crippen molar-refractivity contribution in [2.24, 2.45) is 0 Å². The van der Waals surface area contributed by atoms with E-state index in [1.54, 1.807) is 32.4 Å². The van der Waals surface area contributed by atoms with Crippen LogP contribution in [0.1, 0.15) is 44.1 Å². The summed E-state index contributed by atoms with van der Waals surface area (Å²) in [6.45, 7) is 0.118. The minimum absolute atomic E-state index is 0.0547. The lowest BCUT2D eigenvalue weighted by atomic mass is 10.1. The lowest BCUT2D eigenvalue weighted by Gasteiger charge is -2.15. The molecule has 10 nitrogen and oxygen atoms in total. The zero-order valence-corrected chi connectivity index (χ0v) is 23.6. The van der Waals surface area contributed by atoms with Gasteiger partial charge in [0.15, 0.2) is 11.5 Å². The van der Waals surface area contributed by atoms with Crippen LogP contribution in [0.5, 0.6) is 11.5 Å². The zero-order valence-electron chi connectivity index (χ0n) is 22.8. The molecule has 0 radical (unpaired) electrons. The van der Waals surface area contributed by atoms with Crippen LogP contribution in [-0.4, -0.2) is 47.8 Å². The number of amides is 2. The molecule has 0 spiro atoms. The number of nitrogens with one attached hydrogen (secondary N) is 2. The Morgan fingerprint density at radius 3 is 2.45 bits per heavy atom. The van der Waals surface area contributed by atoms with Crippen LogP contribution in [-0.2, 0) is 29.1 Å². The van der Waals surface area contributed by atoms with Crippen LogP contribution < -0.4 is 31.4 Å². The van der Waals surface area contributed by atoms with Crippen LogP contribution in [0.2, 0.25) is 5.02 Å². The van der Waals surface area contributed by atoms with Gasteiger partial charge in [-0.3, -0.25) is 23.5 Å². The Labute approximate surface area is 237 Å². The van der Waals surface area contributed by atoms with Gasteiger partial charge in [0.25, 0.3) is 5.56 Å². The number of benzene rings is 2. The standard InChI is InChI=1S/C29H35ClN4O6/c1-39-24-12-9-19(16-25(24)40-2)13-14-31-27(36)18-34-23-11-10-20(30)17-22(23)28(37)33(29(34)38)15-5-8-26(35)32-21-6-3-4-7-21/h9-12,16-17,21H,3-8,13-15,18H2,1-2H3,(H,31,36)(H,32,35). The maximum Gasteiger partial charge on any atom is 0.331 e. The first-order chi connectivity index (χ1) is 19.3. The third-order valence-electron chi connectivity index (χ3n) is 7.18. The van der Waals surface area contributed by atoms with Crippen molar-refractivity contribution >= 4 is 34.3 Å². The second-order valence-electron chi connectivity index (χ2n) is 9.93. The summed E-state index contributed by atoms with van der Waals surface area (Å²) in [5.74, 6) is 0.755. The summed E-state index contributed by atoms with van der Waals surface area (Å²) in [7, 11) is 3.12. The SMILES string of the molecule is COc1ccc(CCNC(=O)Cn2c(=O)n(CCCC(=O)NC3CCCC3)c(=O)c3cc(Cl)ccc32)cc1OC. The zero-order chi connectivity index (χ0) is 28.6. The molecule has 4 rings (SSSR count). The third kappa shape index (κ3) is 7.04. The molecule has 2 N–H and O–H groups in total. The molecule has 0 saturated heterocycles. The van der Waals surface area contributed by atoms with Gasteiger partial charge < -0.3 is 20.1 Å². The van der Waals surface area contributed by atoms with Gasteiger partial charge in [0.2, 0.25) is 11.8 Å². The summed E-state index contributed by atoms with van der Waals surface area (Å²) in [6, 6.07) is 10.4. The van der Waals surface area contributed by atoms with Crippen LogP contribution in [0.3, 0.4) is 0 Å². The van der Waals surface area contributed by atoms with Crippen molar-refractivity contribution in [1.29, 1.82) is 0 Å². The summed E-state index contributed by atoms with van der Waals surface area (Å²) in [5.41, 5.74) is 0.167. The van der Waals surface area contributed by atoms with Crippen molar-refractivity contribution in [3.05, 3.63) is 67.8 Å². The van der Waals surface area contributed by atoms with E-state index in [0.717, 1.165) is 35.8 Å². The molecule has 0 unspecified atom stereocenters. The number of fused-ring (bicyclic) bond motifs is 1. The highest BCUT2D eigenvalue weighted by molar-refractivity contribution is 6.31. The van der Waals surface area contributed by atoms with Gasteiger partial charge in [-0.15, -0.1) is 0 Å². The van der Waals surface area contributed by atoms with Crippen molar-refractivity contribution in [2.75, 3.05) is 20.8 Å². The van der Waals surface area contributed by atoms with Crippen molar-refractivity contribution < 1.29 is 19.1 Å². The second-order valence-corrected chi connectivity index (χ2v) is 10.4. The molecule has 1 saturated carbocycles. The molecule has 3 aromatic rings. The van der Waals surface area contributed by atoms with Gasteiger partial charge in [-0.2, -0.15) is 0 Å². The molecule has 1 fully saturated rings. The number of aromatic nitrogens is 2. The number of carbonyl (C=O) groups is 2. The fraction of sp³-hybridized carbons (Fsp3) is 0.448. The highest BCUT2D eigenvalue weighted by Crippen LogP contribution is 2.27. The topological polar surface area (TPSA) is 121 Å². The average Bonchev–Trinajstić information content (AvgIpc) is 3.45. The maximum absolute atomic E-state index is 13.4. The van der Waals surface area contributed by atoms with Crippen LogP contribution >= 0.6 is 11.6 Å². The average molecular weight is 571 g/mol. The largest absolute Gasteiger partial charge is 0.493 e. The van der Waals surface area contributed by atoms with Crippen LogP contribution in [0.4, 0.5) is 0 Å². The minimum atomic E-state index is -0.605. The normalized spacial score (nSPS) is 13.4. The van der Waals surface area contributed by atoms with E-state index in [1.807, 2.05) is 12.1 Å². The van der Waals surface area contributed by atoms with E-state index in [9.17, 15) is 19.2 Å². The number of rotatable bonds is 12. The van der Waals surface area contributed by atoms with Gasteiger partial charge >= 0.3 is 5.69 Å². The van der Waals surface area contributed by atoms with Gasteiger partial charge in [-0.25, -0.2) is 4.79 Å². The molecular weight excluding hydrogens is 536 g/mol. The number of nitrogens with zero attached hydrogens (tertiary/aromatic N) is 2. The number of hydrogen-bond acceptors (Lipinski definition) is 6. The molecule has 1 aliphatic carbocycles. The summed E-state index contributed by atoms with van der Waals surface area (Å²) in [5, 5.41) is 6.44. The fourth-order valence-electron chi connectivity index (χ4n) is 5.10. The Bertz CT molecular complexity index is 1490. The van der Waals surface area contributed by atoms with Crippen LogP contribution in [0, 0.1) is 0 Å². The number of hydrogen-bond donors (Lipinski definition) is 2.